The fourth-order valence-corrected chi connectivity index (χ4v) is 2.68. The molecule has 3 aromatic rings. The van der Waals surface area contributed by atoms with Crippen LogP contribution in [0.4, 0.5) is 5.69 Å². The van der Waals surface area contributed by atoms with Crippen molar-refractivity contribution in [1.29, 1.82) is 0 Å². The van der Waals surface area contributed by atoms with Crippen molar-refractivity contribution in [1.82, 2.24) is 15.0 Å². The Morgan fingerprint density at radius 1 is 1.12 bits per heavy atom. The Bertz CT molecular complexity index is 862. The summed E-state index contributed by atoms with van der Waals surface area (Å²) < 4.78 is 18.7. The van der Waals surface area contributed by atoms with E-state index in [4.69, 9.17) is 19.9 Å². The first kappa shape index (κ1) is 14.6. The standard InChI is InChI=1S/C17H18N4O3/c18-12-3-1-4-13(9-12)22-6-2-5-21-15-11-17-16(23-7-8-24-17)10-14(15)19-20-21/h1,3-4,9-11H,2,5-8,18H2. The molecule has 1 aliphatic rings. The van der Waals surface area contributed by atoms with Gasteiger partial charge in [0.25, 0.3) is 0 Å². The van der Waals surface area contributed by atoms with Gasteiger partial charge in [-0.3, -0.25) is 0 Å². The van der Waals surface area contributed by atoms with Gasteiger partial charge in [0, 0.05) is 36.9 Å². The maximum Gasteiger partial charge on any atom is 0.163 e. The molecule has 0 bridgehead atoms. The Balaban J connectivity index is 1.41. The zero-order chi connectivity index (χ0) is 16.4. The van der Waals surface area contributed by atoms with E-state index in [1.165, 1.54) is 0 Å². The van der Waals surface area contributed by atoms with E-state index in [-0.39, 0.29) is 0 Å². The fourth-order valence-electron chi connectivity index (χ4n) is 2.68. The first-order valence-electron chi connectivity index (χ1n) is 7.91. The number of hydrogen-bond donors (Lipinski definition) is 1. The molecule has 0 unspecified atom stereocenters. The summed E-state index contributed by atoms with van der Waals surface area (Å²) in [6, 6.07) is 11.2. The van der Waals surface area contributed by atoms with Crippen molar-refractivity contribution in [3.63, 3.8) is 0 Å². The van der Waals surface area contributed by atoms with Crippen LogP contribution in [0, 0.1) is 0 Å². The van der Waals surface area contributed by atoms with Crippen LogP contribution in [0.1, 0.15) is 6.42 Å². The van der Waals surface area contributed by atoms with Gasteiger partial charge in [-0.05, 0) is 12.1 Å². The van der Waals surface area contributed by atoms with Gasteiger partial charge in [0.1, 0.15) is 24.5 Å². The van der Waals surface area contributed by atoms with Crippen LogP contribution in [0.3, 0.4) is 0 Å². The van der Waals surface area contributed by atoms with Gasteiger partial charge in [-0.2, -0.15) is 0 Å². The third-order valence-corrected chi connectivity index (χ3v) is 3.82. The molecule has 0 radical (unpaired) electrons. The van der Waals surface area contributed by atoms with Crippen LogP contribution in [-0.2, 0) is 6.54 Å². The number of aryl methyl sites for hydroxylation is 1. The van der Waals surface area contributed by atoms with E-state index < -0.39 is 0 Å². The normalized spacial score (nSPS) is 13.2. The Labute approximate surface area is 138 Å². The number of benzene rings is 2. The van der Waals surface area contributed by atoms with Gasteiger partial charge in [-0.15, -0.1) is 5.10 Å². The highest BCUT2D eigenvalue weighted by molar-refractivity contribution is 5.79. The van der Waals surface area contributed by atoms with Crippen LogP contribution in [0.2, 0.25) is 0 Å². The maximum absolute atomic E-state index is 5.73. The summed E-state index contributed by atoms with van der Waals surface area (Å²) in [7, 11) is 0. The molecule has 2 heterocycles. The second-order valence-electron chi connectivity index (χ2n) is 5.57. The topological polar surface area (TPSA) is 84.4 Å². The van der Waals surface area contributed by atoms with Gasteiger partial charge in [-0.1, -0.05) is 11.3 Å². The van der Waals surface area contributed by atoms with Crippen molar-refractivity contribution in [3.8, 4) is 17.2 Å². The molecule has 2 N–H and O–H groups in total. The zero-order valence-electron chi connectivity index (χ0n) is 13.1. The second-order valence-corrected chi connectivity index (χ2v) is 5.57. The van der Waals surface area contributed by atoms with Crippen LogP contribution >= 0.6 is 0 Å². The van der Waals surface area contributed by atoms with Crippen LogP contribution in [0.25, 0.3) is 11.0 Å². The lowest BCUT2D eigenvalue weighted by molar-refractivity contribution is 0.172. The van der Waals surface area contributed by atoms with Crippen LogP contribution < -0.4 is 19.9 Å². The third-order valence-electron chi connectivity index (χ3n) is 3.82. The van der Waals surface area contributed by atoms with Crippen molar-refractivity contribution in [2.24, 2.45) is 0 Å². The first-order chi connectivity index (χ1) is 11.8. The number of ether oxygens (including phenoxy) is 3. The molecular formula is C17H18N4O3. The van der Waals surface area contributed by atoms with E-state index in [1.807, 2.05) is 41.1 Å². The molecule has 0 aliphatic carbocycles. The number of fused-ring (bicyclic) bond motifs is 2. The van der Waals surface area contributed by atoms with Crippen LogP contribution in [0.15, 0.2) is 36.4 Å². The molecule has 1 aliphatic heterocycles. The summed E-state index contributed by atoms with van der Waals surface area (Å²) in [5.41, 5.74) is 8.16. The smallest absolute Gasteiger partial charge is 0.163 e. The van der Waals surface area contributed by atoms with Gasteiger partial charge >= 0.3 is 0 Å². The molecule has 4 rings (SSSR count). The summed E-state index contributed by atoms with van der Waals surface area (Å²) in [5, 5.41) is 8.40. The molecule has 0 spiro atoms. The summed E-state index contributed by atoms with van der Waals surface area (Å²) >= 11 is 0. The number of hydrogen-bond acceptors (Lipinski definition) is 6. The maximum atomic E-state index is 5.73. The molecule has 1 aromatic heterocycles. The van der Waals surface area contributed by atoms with Crippen molar-refractivity contribution in [2.45, 2.75) is 13.0 Å². The summed E-state index contributed by atoms with van der Waals surface area (Å²) in [6.45, 7) is 2.41. The monoisotopic (exact) mass is 326 g/mol. The molecule has 24 heavy (non-hydrogen) atoms. The average molecular weight is 326 g/mol. The molecule has 124 valence electrons. The third kappa shape index (κ3) is 2.92. The van der Waals surface area contributed by atoms with E-state index >= 15 is 0 Å². The van der Waals surface area contributed by atoms with Crippen molar-refractivity contribution >= 4 is 16.7 Å². The molecule has 2 aromatic carbocycles. The first-order valence-corrected chi connectivity index (χ1v) is 7.91. The molecule has 0 saturated heterocycles. The van der Waals surface area contributed by atoms with Gasteiger partial charge in [0.2, 0.25) is 0 Å². The largest absolute Gasteiger partial charge is 0.493 e. The summed E-state index contributed by atoms with van der Waals surface area (Å²) in [5.74, 6) is 2.25. The minimum Gasteiger partial charge on any atom is -0.493 e. The van der Waals surface area contributed by atoms with Crippen LogP contribution in [0.5, 0.6) is 17.2 Å². The van der Waals surface area contributed by atoms with Crippen LogP contribution in [-0.4, -0.2) is 34.8 Å². The van der Waals surface area contributed by atoms with Gasteiger partial charge in [-0.25, -0.2) is 4.68 Å². The second kappa shape index (κ2) is 6.27. The van der Waals surface area contributed by atoms with Crippen molar-refractivity contribution in [2.75, 3.05) is 25.6 Å². The van der Waals surface area contributed by atoms with Gasteiger partial charge < -0.3 is 19.9 Å². The number of aromatic nitrogens is 3. The summed E-state index contributed by atoms with van der Waals surface area (Å²) in [4.78, 5) is 0. The lowest BCUT2D eigenvalue weighted by atomic mass is 10.2. The summed E-state index contributed by atoms with van der Waals surface area (Å²) in [6.07, 6.45) is 0.807. The predicted molar refractivity (Wildman–Crippen MR) is 89.5 cm³/mol. The van der Waals surface area contributed by atoms with E-state index in [0.29, 0.717) is 32.1 Å². The highest BCUT2D eigenvalue weighted by Crippen LogP contribution is 2.33. The van der Waals surface area contributed by atoms with Crippen molar-refractivity contribution in [3.05, 3.63) is 36.4 Å². The number of nitrogen functional groups attached to an aromatic ring is 1. The molecule has 0 fully saturated rings. The highest BCUT2D eigenvalue weighted by Gasteiger charge is 2.15. The zero-order valence-corrected chi connectivity index (χ0v) is 13.1. The quantitative estimate of drug-likeness (QED) is 0.572. The van der Waals surface area contributed by atoms with Gasteiger partial charge in [0.15, 0.2) is 11.5 Å². The number of anilines is 1. The van der Waals surface area contributed by atoms with Crippen molar-refractivity contribution < 1.29 is 14.2 Å². The fraction of sp³-hybridized carbons (Fsp3) is 0.294. The Morgan fingerprint density at radius 3 is 2.79 bits per heavy atom. The highest BCUT2D eigenvalue weighted by atomic mass is 16.6. The van der Waals surface area contributed by atoms with E-state index in [9.17, 15) is 0 Å². The lowest BCUT2D eigenvalue weighted by Crippen LogP contribution is -2.15. The molecule has 7 heteroatoms. The van der Waals surface area contributed by atoms with E-state index in [1.54, 1.807) is 0 Å². The lowest BCUT2D eigenvalue weighted by Gasteiger charge is -2.18. The van der Waals surface area contributed by atoms with E-state index in [2.05, 4.69) is 10.3 Å². The Hall–Kier alpha value is -2.96. The number of rotatable bonds is 5. The Morgan fingerprint density at radius 2 is 1.96 bits per heavy atom. The molecular weight excluding hydrogens is 308 g/mol. The minimum absolute atomic E-state index is 0.563. The SMILES string of the molecule is Nc1cccc(OCCCn2nnc3cc4c(cc32)OCCO4)c1. The average Bonchev–Trinajstić information content (AvgIpc) is 2.99. The molecule has 0 amide bonds. The predicted octanol–water partition coefficient (Wildman–Crippen LogP) is 2.25. The van der Waals surface area contributed by atoms with Gasteiger partial charge in [0.05, 0.1) is 12.1 Å². The molecule has 7 nitrogen and oxygen atoms in total. The minimum atomic E-state index is 0.563. The molecule has 0 saturated carbocycles. The molecule has 0 atom stereocenters. The van der Waals surface area contributed by atoms with E-state index in [0.717, 1.165) is 34.7 Å². The Kier molecular flexibility index (Phi) is 3.82. The number of nitrogens with zero attached hydrogens (tertiary/aromatic N) is 3. The number of nitrogens with two attached hydrogens (primary N) is 1.